The highest BCUT2D eigenvalue weighted by atomic mass is 35.5. The van der Waals surface area contributed by atoms with Crippen molar-refractivity contribution in [2.24, 2.45) is 0 Å². The maximum absolute atomic E-state index is 12.7. The zero-order valence-corrected chi connectivity index (χ0v) is 9.68. The summed E-state index contributed by atoms with van der Waals surface area (Å²) in [7, 11) is -2.16. The molecule has 0 radical (unpaired) electrons. The maximum atomic E-state index is 12.7. The second kappa shape index (κ2) is 4.08. The van der Waals surface area contributed by atoms with E-state index in [0.29, 0.717) is 5.88 Å². The Morgan fingerprint density at radius 2 is 2.07 bits per heavy atom. The van der Waals surface area contributed by atoms with E-state index in [1.807, 2.05) is 30.3 Å². The lowest BCUT2D eigenvalue weighted by atomic mass is 10.3. The van der Waals surface area contributed by atoms with Gasteiger partial charge in [-0.1, -0.05) is 30.3 Å². The van der Waals surface area contributed by atoms with Gasteiger partial charge in [-0.05, 0) is 12.8 Å². The standard InChI is InChI=1S/C11H14ClOP/c12-9-11-7-4-8-14(11,13)10-5-2-1-3-6-10/h1-3,5-6,11H,4,7-9H2. The number of benzene rings is 1. The lowest BCUT2D eigenvalue weighted by Gasteiger charge is -2.18. The summed E-state index contributed by atoms with van der Waals surface area (Å²) in [5.74, 6) is 0.534. The molecule has 1 saturated heterocycles. The van der Waals surface area contributed by atoms with E-state index in [0.717, 1.165) is 24.3 Å². The fourth-order valence-corrected chi connectivity index (χ4v) is 6.18. The van der Waals surface area contributed by atoms with Crippen molar-refractivity contribution in [3.05, 3.63) is 30.3 Å². The van der Waals surface area contributed by atoms with E-state index < -0.39 is 7.14 Å². The third-order valence-electron chi connectivity index (χ3n) is 2.99. The molecule has 1 aromatic carbocycles. The number of hydrogen-bond acceptors (Lipinski definition) is 1. The first kappa shape index (κ1) is 10.3. The zero-order valence-electron chi connectivity index (χ0n) is 8.03. The fraction of sp³-hybridized carbons (Fsp3) is 0.455. The molecular formula is C11H14ClOP. The molecule has 1 aliphatic heterocycles. The minimum Gasteiger partial charge on any atom is -0.318 e. The van der Waals surface area contributed by atoms with Crippen LogP contribution in [0.5, 0.6) is 0 Å². The molecule has 2 rings (SSSR count). The monoisotopic (exact) mass is 228 g/mol. The average Bonchev–Trinajstić information content (AvgIpc) is 2.62. The molecule has 2 atom stereocenters. The van der Waals surface area contributed by atoms with Gasteiger partial charge in [-0.15, -0.1) is 11.6 Å². The molecule has 0 N–H and O–H groups in total. The first-order chi connectivity index (χ1) is 6.77. The van der Waals surface area contributed by atoms with E-state index in [2.05, 4.69) is 0 Å². The van der Waals surface area contributed by atoms with Crippen LogP contribution in [0.3, 0.4) is 0 Å². The summed E-state index contributed by atoms with van der Waals surface area (Å²) < 4.78 is 12.7. The van der Waals surface area contributed by atoms with Gasteiger partial charge in [-0.3, -0.25) is 0 Å². The molecule has 1 aromatic rings. The number of halogens is 1. The second-order valence-corrected chi connectivity index (χ2v) is 7.40. The van der Waals surface area contributed by atoms with E-state index >= 15 is 0 Å². The van der Waals surface area contributed by atoms with Crippen LogP contribution in [0, 0.1) is 0 Å². The molecule has 0 aromatic heterocycles. The van der Waals surface area contributed by atoms with Crippen LogP contribution in [-0.2, 0) is 4.57 Å². The molecule has 1 nitrogen and oxygen atoms in total. The van der Waals surface area contributed by atoms with Crippen molar-refractivity contribution < 1.29 is 4.57 Å². The fourth-order valence-electron chi connectivity index (χ4n) is 2.16. The van der Waals surface area contributed by atoms with Gasteiger partial charge in [0.25, 0.3) is 0 Å². The van der Waals surface area contributed by atoms with Crippen LogP contribution in [0.4, 0.5) is 0 Å². The molecule has 2 unspecified atom stereocenters. The van der Waals surface area contributed by atoms with Gasteiger partial charge in [-0.25, -0.2) is 0 Å². The van der Waals surface area contributed by atoms with E-state index in [-0.39, 0.29) is 5.66 Å². The summed E-state index contributed by atoms with van der Waals surface area (Å²) in [6.07, 6.45) is 2.92. The summed E-state index contributed by atoms with van der Waals surface area (Å²) in [4.78, 5) is 0. The maximum Gasteiger partial charge on any atom is 0.119 e. The smallest absolute Gasteiger partial charge is 0.119 e. The van der Waals surface area contributed by atoms with Crippen molar-refractivity contribution in [2.75, 3.05) is 12.0 Å². The molecular weight excluding hydrogens is 215 g/mol. The topological polar surface area (TPSA) is 17.1 Å². The Morgan fingerprint density at radius 3 is 2.71 bits per heavy atom. The molecule has 1 fully saturated rings. The van der Waals surface area contributed by atoms with Crippen LogP contribution >= 0.6 is 18.7 Å². The summed E-state index contributed by atoms with van der Waals surface area (Å²) in [6, 6.07) is 9.83. The van der Waals surface area contributed by atoms with Gasteiger partial charge in [0, 0.05) is 23.0 Å². The van der Waals surface area contributed by atoms with Crippen molar-refractivity contribution in [1.82, 2.24) is 0 Å². The predicted octanol–water partition coefficient (Wildman–Crippen LogP) is 3.08. The minimum absolute atomic E-state index is 0.214. The molecule has 76 valence electrons. The molecule has 14 heavy (non-hydrogen) atoms. The third-order valence-corrected chi connectivity index (χ3v) is 7.35. The van der Waals surface area contributed by atoms with Gasteiger partial charge in [0.15, 0.2) is 0 Å². The summed E-state index contributed by atoms with van der Waals surface area (Å²) in [5.41, 5.74) is 0.214. The van der Waals surface area contributed by atoms with Gasteiger partial charge in [0.05, 0.1) is 0 Å². The lowest BCUT2D eigenvalue weighted by molar-refractivity contribution is 0.579. The molecule has 0 amide bonds. The van der Waals surface area contributed by atoms with Gasteiger partial charge >= 0.3 is 0 Å². The summed E-state index contributed by atoms with van der Waals surface area (Å²) in [5, 5.41) is 1.02. The van der Waals surface area contributed by atoms with E-state index in [9.17, 15) is 4.57 Å². The van der Waals surface area contributed by atoms with Crippen LogP contribution in [0.15, 0.2) is 30.3 Å². The molecule has 0 aliphatic carbocycles. The SMILES string of the molecule is O=P1(c2ccccc2)CCCC1CCl. The Morgan fingerprint density at radius 1 is 1.36 bits per heavy atom. The predicted molar refractivity (Wildman–Crippen MR) is 62.3 cm³/mol. The Balaban J connectivity index is 2.37. The molecule has 0 saturated carbocycles. The molecule has 1 heterocycles. The highest BCUT2D eigenvalue weighted by molar-refractivity contribution is 7.72. The Kier molecular flexibility index (Phi) is 2.99. The highest BCUT2D eigenvalue weighted by Crippen LogP contribution is 2.57. The lowest BCUT2D eigenvalue weighted by Crippen LogP contribution is -2.14. The molecule has 0 spiro atoms. The largest absolute Gasteiger partial charge is 0.318 e. The van der Waals surface area contributed by atoms with Crippen molar-refractivity contribution in [3.63, 3.8) is 0 Å². The van der Waals surface area contributed by atoms with E-state index in [4.69, 9.17) is 11.6 Å². The highest BCUT2D eigenvalue weighted by Gasteiger charge is 2.38. The second-order valence-electron chi connectivity index (χ2n) is 3.81. The Hall–Kier alpha value is -0.260. The molecule has 1 aliphatic rings. The summed E-state index contributed by atoms with van der Waals surface area (Å²) >= 11 is 5.87. The molecule has 0 bridgehead atoms. The Labute approximate surface area is 89.8 Å². The van der Waals surface area contributed by atoms with Crippen LogP contribution in [0.2, 0.25) is 0 Å². The minimum atomic E-state index is -2.16. The van der Waals surface area contributed by atoms with Gasteiger partial charge in [-0.2, -0.15) is 0 Å². The van der Waals surface area contributed by atoms with Crippen molar-refractivity contribution in [1.29, 1.82) is 0 Å². The van der Waals surface area contributed by atoms with Gasteiger partial charge in [0.1, 0.15) is 7.14 Å². The normalized spacial score (nSPS) is 31.9. The number of hydrogen-bond donors (Lipinski definition) is 0. The van der Waals surface area contributed by atoms with Gasteiger partial charge in [0.2, 0.25) is 0 Å². The molecule has 3 heteroatoms. The van der Waals surface area contributed by atoms with E-state index in [1.54, 1.807) is 0 Å². The van der Waals surface area contributed by atoms with Crippen molar-refractivity contribution in [2.45, 2.75) is 18.5 Å². The average molecular weight is 229 g/mol. The Bertz CT molecular complexity index is 350. The van der Waals surface area contributed by atoms with E-state index in [1.165, 1.54) is 0 Å². The first-order valence-corrected chi connectivity index (χ1v) is 7.47. The van der Waals surface area contributed by atoms with Crippen molar-refractivity contribution >= 4 is 24.0 Å². The third kappa shape index (κ3) is 1.64. The van der Waals surface area contributed by atoms with Crippen LogP contribution in [-0.4, -0.2) is 17.7 Å². The van der Waals surface area contributed by atoms with Gasteiger partial charge < -0.3 is 4.57 Å². The van der Waals surface area contributed by atoms with Crippen LogP contribution in [0.1, 0.15) is 12.8 Å². The van der Waals surface area contributed by atoms with Crippen molar-refractivity contribution in [3.8, 4) is 0 Å². The van der Waals surface area contributed by atoms with Crippen LogP contribution in [0.25, 0.3) is 0 Å². The number of alkyl halides is 1. The number of rotatable bonds is 2. The quantitative estimate of drug-likeness (QED) is 0.562. The van der Waals surface area contributed by atoms with Crippen LogP contribution < -0.4 is 5.30 Å². The zero-order chi connectivity index (χ0) is 10.0. The summed E-state index contributed by atoms with van der Waals surface area (Å²) in [6.45, 7) is 0. The first-order valence-electron chi connectivity index (χ1n) is 4.98.